The fraction of sp³-hybridized carbons (Fsp3) is 0.562. The Balaban J connectivity index is 0.00000220. The number of rotatable bonds is 4. The fourth-order valence-corrected chi connectivity index (χ4v) is 3.58. The van der Waals surface area contributed by atoms with E-state index in [0.717, 1.165) is 19.3 Å². The first-order valence-electron chi connectivity index (χ1n) is 7.21. The van der Waals surface area contributed by atoms with Gasteiger partial charge in [-0.05, 0) is 36.1 Å². The normalized spacial score (nSPS) is 23.0. The molecule has 1 aromatic rings. The molecule has 0 spiro atoms. The SMILES string of the molecule is CCC1(CC)c2cc(C(N)=O)ccc2C[C@H](OC)[C@H]1N.Cl. The van der Waals surface area contributed by atoms with Crippen molar-refractivity contribution in [2.75, 3.05) is 7.11 Å². The maximum Gasteiger partial charge on any atom is 0.248 e. The van der Waals surface area contributed by atoms with Gasteiger partial charge in [-0.3, -0.25) is 4.79 Å². The lowest BCUT2D eigenvalue weighted by Crippen LogP contribution is -2.56. The first-order valence-corrected chi connectivity index (χ1v) is 7.21. The smallest absolute Gasteiger partial charge is 0.248 e. The van der Waals surface area contributed by atoms with E-state index in [1.807, 2.05) is 12.1 Å². The zero-order chi connectivity index (χ0) is 14.9. The minimum absolute atomic E-state index is 0. The number of primary amides is 1. The lowest BCUT2D eigenvalue weighted by molar-refractivity contribution is 0.0400. The van der Waals surface area contributed by atoms with Crippen LogP contribution in [0.4, 0.5) is 0 Å². The van der Waals surface area contributed by atoms with Crippen molar-refractivity contribution in [3.8, 4) is 0 Å². The lowest BCUT2D eigenvalue weighted by Gasteiger charge is -2.46. The van der Waals surface area contributed by atoms with E-state index in [1.54, 1.807) is 13.2 Å². The van der Waals surface area contributed by atoms with Gasteiger partial charge >= 0.3 is 0 Å². The van der Waals surface area contributed by atoms with Crippen molar-refractivity contribution in [1.29, 1.82) is 0 Å². The molecule has 118 valence electrons. The van der Waals surface area contributed by atoms with Crippen LogP contribution < -0.4 is 11.5 Å². The molecule has 0 aromatic heterocycles. The second kappa shape index (κ2) is 6.77. The first kappa shape index (κ1) is 18.0. The monoisotopic (exact) mass is 312 g/mol. The van der Waals surface area contributed by atoms with Crippen molar-refractivity contribution in [2.45, 2.75) is 50.7 Å². The summed E-state index contributed by atoms with van der Waals surface area (Å²) in [6.07, 6.45) is 2.63. The quantitative estimate of drug-likeness (QED) is 0.894. The number of hydrogen-bond acceptors (Lipinski definition) is 3. The lowest BCUT2D eigenvalue weighted by atomic mass is 9.62. The van der Waals surface area contributed by atoms with Crippen molar-refractivity contribution in [3.05, 3.63) is 34.9 Å². The number of benzene rings is 1. The number of ether oxygens (including phenoxy) is 1. The number of nitrogens with two attached hydrogens (primary N) is 2. The summed E-state index contributed by atoms with van der Waals surface area (Å²) in [4.78, 5) is 11.4. The summed E-state index contributed by atoms with van der Waals surface area (Å²) < 4.78 is 5.58. The van der Waals surface area contributed by atoms with Crippen LogP contribution in [0.15, 0.2) is 18.2 Å². The van der Waals surface area contributed by atoms with Crippen LogP contribution in [0.25, 0.3) is 0 Å². The standard InChI is InChI=1S/C16H24N2O2.ClH/c1-4-16(5-2)12-8-11(15(18)19)7-6-10(12)9-13(20-3)14(16)17;/h6-8,13-14H,4-5,9,17H2,1-3H3,(H2,18,19);1H/t13-,14+;/m0./s1. The van der Waals surface area contributed by atoms with E-state index >= 15 is 0 Å². The minimum atomic E-state index is -0.392. The second-order valence-electron chi connectivity index (χ2n) is 5.60. The highest BCUT2D eigenvalue weighted by Crippen LogP contribution is 2.43. The number of amides is 1. The molecular formula is C16H25ClN2O2. The van der Waals surface area contributed by atoms with Gasteiger partial charge in [-0.25, -0.2) is 0 Å². The number of halogens is 1. The Labute approximate surface area is 132 Å². The van der Waals surface area contributed by atoms with Gasteiger partial charge < -0.3 is 16.2 Å². The molecule has 0 saturated heterocycles. The van der Waals surface area contributed by atoms with Gasteiger partial charge in [0.1, 0.15) is 0 Å². The van der Waals surface area contributed by atoms with E-state index < -0.39 is 5.91 Å². The van der Waals surface area contributed by atoms with Crippen LogP contribution in [0, 0.1) is 0 Å². The molecule has 4 N–H and O–H groups in total. The molecule has 4 nitrogen and oxygen atoms in total. The Morgan fingerprint density at radius 2 is 2.00 bits per heavy atom. The Morgan fingerprint density at radius 3 is 2.48 bits per heavy atom. The molecule has 0 radical (unpaired) electrons. The molecule has 0 aliphatic heterocycles. The molecular weight excluding hydrogens is 288 g/mol. The summed E-state index contributed by atoms with van der Waals surface area (Å²) in [5.74, 6) is -0.392. The highest BCUT2D eigenvalue weighted by molar-refractivity contribution is 5.93. The molecule has 5 heteroatoms. The third-order valence-corrected chi connectivity index (χ3v) is 4.96. The summed E-state index contributed by atoms with van der Waals surface area (Å²) >= 11 is 0. The van der Waals surface area contributed by atoms with Crippen molar-refractivity contribution in [3.63, 3.8) is 0 Å². The molecule has 2 atom stereocenters. The van der Waals surface area contributed by atoms with Crippen molar-refractivity contribution in [1.82, 2.24) is 0 Å². The maximum atomic E-state index is 11.4. The van der Waals surface area contributed by atoms with Gasteiger partial charge in [0, 0.05) is 30.6 Å². The van der Waals surface area contributed by atoms with Crippen LogP contribution in [0.2, 0.25) is 0 Å². The predicted molar refractivity (Wildman–Crippen MR) is 86.9 cm³/mol. The Bertz CT molecular complexity index is 515. The Morgan fingerprint density at radius 1 is 1.38 bits per heavy atom. The molecule has 1 aromatic carbocycles. The molecule has 0 saturated carbocycles. The summed E-state index contributed by atoms with van der Waals surface area (Å²) in [6.45, 7) is 4.28. The van der Waals surface area contributed by atoms with E-state index in [1.165, 1.54) is 11.1 Å². The van der Waals surface area contributed by atoms with Crippen LogP contribution in [0.1, 0.15) is 48.2 Å². The number of methoxy groups -OCH3 is 1. The van der Waals surface area contributed by atoms with E-state index in [2.05, 4.69) is 13.8 Å². The zero-order valence-electron chi connectivity index (χ0n) is 12.9. The van der Waals surface area contributed by atoms with Gasteiger partial charge in [0.05, 0.1) is 6.10 Å². The van der Waals surface area contributed by atoms with Crippen molar-refractivity contribution >= 4 is 18.3 Å². The van der Waals surface area contributed by atoms with Gasteiger partial charge in [0.25, 0.3) is 0 Å². The molecule has 0 unspecified atom stereocenters. The number of fused-ring (bicyclic) bond motifs is 1. The number of hydrogen-bond donors (Lipinski definition) is 2. The molecule has 1 aliphatic rings. The first-order chi connectivity index (χ1) is 9.50. The molecule has 2 rings (SSSR count). The molecule has 21 heavy (non-hydrogen) atoms. The van der Waals surface area contributed by atoms with Gasteiger partial charge in [-0.1, -0.05) is 19.9 Å². The second-order valence-corrected chi connectivity index (χ2v) is 5.60. The number of carbonyl (C=O) groups excluding carboxylic acids is 1. The topological polar surface area (TPSA) is 78.3 Å². The molecule has 1 amide bonds. The minimum Gasteiger partial charge on any atom is -0.379 e. The van der Waals surface area contributed by atoms with Crippen molar-refractivity contribution < 1.29 is 9.53 Å². The Kier molecular flexibility index (Phi) is 5.79. The fourth-order valence-electron chi connectivity index (χ4n) is 3.58. The molecule has 1 aliphatic carbocycles. The molecule has 0 heterocycles. The Hall–Kier alpha value is -1.10. The van der Waals surface area contributed by atoms with E-state index in [9.17, 15) is 4.79 Å². The average Bonchev–Trinajstić information content (AvgIpc) is 2.46. The average molecular weight is 313 g/mol. The van der Waals surface area contributed by atoms with Gasteiger partial charge in [0.15, 0.2) is 0 Å². The van der Waals surface area contributed by atoms with Gasteiger partial charge in [-0.15, -0.1) is 12.4 Å². The van der Waals surface area contributed by atoms with Crippen LogP contribution in [0.5, 0.6) is 0 Å². The highest BCUT2D eigenvalue weighted by atomic mass is 35.5. The molecule has 0 bridgehead atoms. The van der Waals surface area contributed by atoms with Gasteiger partial charge in [0.2, 0.25) is 5.91 Å². The van der Waals surface area contributed by atoms with E-state index in [4.69, 9.17) is 16.2 Å². The summed E-state index contributed by atoms with van der Waals surface area (Å²) in [5.41, 5.74) is 14.7. The third-order valence-electron chi connectivity index (χ3n) is 4.96. The third kappa shape index (κ3) is 2.80. The van der Waals surface area contributed by atoms with Gasteiger partial charge in [-0.2, -0.15) is 0 Å². The van der Waals surface area contributed by atoms with Crippen LogP contribution in [-0.2, 0) is 16.6 Å². The predicted octanol–water partition coefficient (Wildman–Crippen LogP) is 2.16. The highest BCUT2D eigenvalue weighted by Gasteiger charge is 2.45. The summed E-state index contributed by atoms with van der Waals surface area (Å²) in [7, 11) is 1.71. The number of carbonyl (C=O) groups is 1. The largest absolute Gasteiger partial charge is 0.379 e. The van der Waals surface area contributed by atoms with Crippen molar-refractivity contribution in [2.24, 2.45) is 11.5 Å². The van der Waals surface area contributed by atoms with Crippen LogP contribution >= 0.6 is 12.4 Å². The van der Waals surface area contributed by atoms with E-state index in [-0.39, 0.29) is 30.0 Å². The summed E-state index contributed by atoms with van der Waals surface area (Å²) in [6, 6.07) is 5.64. The summed E-state index contributed by atoms with van der Waals surface area (Å²) in [5, 5.41) is 0. The molecule has 0 fully saturated rings. The zero-order valence-corrected chi connectivity index (χ0v) is 13.7. The maximum absolute atomic E-state index is 11.4. The van der Waals surface area contributed by atoms with Crippen LogP contribution in [-0.4, -0.2) is 25.2 Å². The van der Waals surface area contributed by atoms with Crippen LogP contribution in [0.3, 0.4) is 0 Å². The van der Waals surface area contributed by atoms with E-state index in [0.29, 0.717) is 5.56 Å².